The van der Waals surface area contributed by atoms with Crippen LogP contribution < -0.4 is 0 Å². The summed E-state index contributed by atoms with van der Waals surface area (Å²) in [5.74, 6) is -0.259. The molecule has 1 aliphatic rings. The van der Waals surface area contributed by atoms with Gasteiger partial charge in [-0.15, -0.1) is 0 Å². The Kier molecular flexibility index (Phi) is 9.48. The Labute approximate surface area is 197 Å². The van der Waals surface area contributed by atoms with Crippen molar-refractivity contribution in [3.63, 3.8) is 0 Å². The Morgan fingerprint density at radius 3 is 2.42 bits per heavy atom. The Bertz CT molecular complexity index is 933. The van der Waals surface area contributed by atoms with Crippen molar-refractivity contribution in [3.05, 3.63) is 42.0 Å². The molecule has 1 saturated heterocycles. The fourth-order valence-corrected chi connectivity index (χ4v) is 4.64. The van der Waals surface area contributed by atoms with Crippen molar-refractivity contribution in [2.45, 2.75) is 82.4 Å². The Balaban J connectivity index is 2.12. The van der Waals surface area contributed by atoms with Gasteiger partial charge in [0.2, 0.25) is 0 Å². The monoisotopic (exact) mass is 481 g/mol. The highest BCUT2D eigenvalue weighted by Gasteiger charge is 2.41. The number of esters is 1. The van der Waals surface area contributed by atoms with Crippen molar-refractivity contribution in [1.82, 2.24) is 4.90 Å². The van der Waals surface area contributed by atoms with E-state index in [1.54, 1.807) is 37.8 Å². The molecule has 9 heteroatoms. The molecule has 0 N–H and O–H groups in total. The predicted octanol–water partition coefficient (Wildman–Crippen LogP) is 4.37. The number of unbranched alkanes of at least 4 members (excludes halogenated alkanes) is 1. The Morgan fingerprint density at radius 2 is 1.82 bits per heavy atom. The number of hydrogen-bond donors (Lipinski definition) is 0. The maximum Gasteiger partial charge on any atom is 0.410 e. The molecule has 0 radical (unpaired) electrons. The van der Waals surface area contributed by atoms with Crippen LogP contribution in [0.1, 0.15) is 58.4 Å². The summed E-state index contributed by atoms with van der Waals surface area (Å²) >= 11 is 0. The molecule has 0 spiro atoms. The number of nitrogens with zero attached hydrogens (tertiary/aromatic N) is 1. The van der Waals surface area contributed by atoms with E-state index in [2.05, 4.69) is 4.74 Å². The van der Waals surface area contributed by atoms with Gasteiger partial charge in [0.05, 0.1) is 24.2 Å². The molecule has 1 fully saturated rings. The summed E-state index contributed by atoms with van der Waals surface area (Å²) in [5.41, 5.74) is 0.277. The predicted molar refractivity (Wildman–Crippen MR) is 124 cm³/mol. The van der Waals surface area contributed by atoms with Crippen LogP contribution in [0.15, 0.2) is 41.3 Å². The summed E-state index contributed by atoms with van der Waals surface area (Å²) in [6, 6.07) is 5.97. The van der Waals surface area contributed by atoms with Crippen molar-refractivity contribution in [3.8, 4) is 0 Å². The molecule has 2 rings (SSSR count). The van der Waals surface area contributed by atoms with Crippen LogP contribution in [0.4, 0.5) is 4.79 Å². The van der Waals surface area contributed by atoms with Crippen LogP contribution in [-0.4, -0.2) is 56.8 Å². The molecule has 1 aliphatic heterocycles. The molecule has 1 unspecified atom stereocenters. The standard InChI is InChI=1S/C24H35NO7S/c1-18-12-14-19(15-13-18)33(28,29)32-21-16-17-25(23(27)31-24(2,3)4)20(21)10-8-6-7-9-11-22(26)30-5/h6,8,12-15,20-21H,7,9-11,16-17H2,1-5H3/b8-6-/t20-,21?/m1/s1. The van der Waals surface area contributed by atoms with E-state index in [1.165, 1.54) is 19.2 Å². The summed E-state index contributed by atoms with van der Waals surface area (Å²) < 4.78 is 41.4. The molecule has 0 aliphatic carbocycles. The summed E-state index contributed by atoms with van der Waals surface area (Å²) in [7, 11) is -2.63. The molecule has 1 amide bonds. The number of allylic oxidation sites excluding steroid dienone is 1. The van der Waals surface area contributed by atoms with Gasteiger partial charge < -0.3 is 14.4 Å². The van der Waals surface area contributed by atoms with E-state index in [4.69, 9.17) is 8.92 Å². The third kappa shape index (κ3) is 8.47. The van der Waals surface area contributed by atoms with Crippen molar-refractivity contribution in [2.75, 3.05) is 13.7 Å². The number of aryl methyl sites for hydroxylation is 1. The van der Waals surface area contributed by atoms with Crippen LogP contribution in [0.25, 0.3) is 0 Å². The van der Waals surface area contributed by atoms with Gasteiger partial charge in [-0.2, -0.15) is 8.42 Å². The number of ether oxygens (including phenoxy) is 2. The minimum absolute atomic E-state index is 0.0842. The lowest BCUT2D eigenvalue weighted by molar-refractivity contribution is -0.140. The van der Waals surface area contributed by atoms with E-state index in [-0.39, 0.29) is 10.9 Å². The normalized spacial score (nSPS) is 19.1. The lowest BCUT2D eigenvalue weighted by Gasteiger charge is -2.29. The minimum Gasteiger partial charge on any atom is -0.469 e. The van der Waals surface area contributed by atoms with Gasteiger partial charge in [0.1, 0.15) is 5.60 Å². The molecule has 33 heavy (non-hydrogen) atoms. The molecular weight excluding hydrogens is 446 g/mol. The van der Waals surface area contributed by atoms with Gasteiger partial charge in [-0.3, -0.25) is 8.98 Å². The fraction of sp³-hybridized carbons (Fsp3) is 0.583. The topological polar surface area (TPSA) is 99.2 Å². The molecule has 0 bridgehead atoms. The molecule has 2 atom stereocenters. The number of carbonyl (C=O) groups excluding carboxylic acids is 2. The van der Waals surface area contributed by atoms with E-state index >= 15 is 0 Å². The summed E-state index contributed by atoms with van der Waals surface area (Å²) in [6.07, 6.45) is 5.05. The zero-order valence-corrected chi connectivity index (χ0v) is 20.9. The van der Waals surface area contributed by atoms with Crippen molar-refractivity contribution < 1.29 is 31.7 Å². The third-order valence-corrected chi connectivity index (χ3v) is 6.55. The molecule has 1 heterocycles. The maximum absolute atomic E-state index is 12.8. The van der Waals surface area contributed by atoms with Crippen molar-refractivity contribution in [1.29, 1.82) is 0 Å². The second-order valence-electron chi connectivity index (χ2n) is 9.11. The van der Waals surface area contributed by atoms with Crippen LogP contribution in [-0.2, 0) is 28.6 Å². The maximum atomic E-state index is 12.8. The highest BCUT2D eigenvalue weighted by Crippen LogP contribution is 2.29. The minimum atomic E-state index is -3.98. The van der Waals surface area contributed by atoms with E-state index in [9.17, 15) is 18.0 Å². The summed E-state index contributed by atoms with van der Waals surface area (Å²) in [6.45, 7) is 7.57. The molecule has 1 aromatic carbocycles. The van der Waals surface area contributed by atoms with E-state index < -0.39 is 34.0 Å². The van der Waals surface area contributed by atoms with Gasteiger partial charge in [0, 0.05) is 13.0 Å². The summed E-state index contributed by atoms with van der Waals surface area (Å²) in [4.78, 5) is 25.6. The SMILES string of the molecule is COC(=O)CCC/C=C\C[C@@H]1C(OS(=O)(=O)c2ccc(C)cc2)CCN1C(=O)OC(C)(C)C. The molecule has 184 valence electrons. The van der Waals surface area contributed by atoms with E-state index in [0.29, 0.717) is 38.6 Å². The molecule has 0 aromatic heterocycles. The lowest BCUT2D eigenvalue weighted by Crippen LogP contribution is -2.43. The smallest absolute Gasteiger partial charge is 0.410 e. The number of methoxy groups -OCH3 is 1. The van der Waals surface area contributed by atoms with Gasteiger partial charge >= 0.3 is 12.1 Å². The number of amides is 1. The number of benzene rings is 1. The van der Waals surface area contributed by atoms with Crippen LogP contribution in [0.2, 0.25) is 0 Å². The number of rotatable bonds is 9. The zero-order valence-electron chi connectivity index (χ0n) is 20.1. The first kappa shape index (κ1) is 26.9. The highest BCUT2D eigenvalue weighted by atomic mass is 32.2. The van der Waals surface area contributed by atoms with Gasteiger partial charge in [-0.05, 0) is 65.5 Å². The van der Waals surface area contributed by atoms with E-state index in [1.807, 2.05) is 19.1 Å². The molecule has 0 saturated carbocycles. The quantitative estimate of drug-likeness (QED) is 0.223. The fourth-order valence-electron chi connectivity index (χ4n) is 3.51. The Morgan fingerprint density at radius 1 is 1.15 bits per heavy atom. The number of hydrogen-bond acceptors (Lipinski definition) is 7. The van der Waals surface area contributed by atoms with Crippen LogP contribution in [0.3, 0.4) is 0 Å². The lowest BCUT2D eigenvalue weighted by atomic mass is 10.1. The van der Waals surface area contributed by atoms with Crippen LogP contribution in [0.5, 0.6) is 0 Å². The molecular formula is C24H35NO7S. The van der Waals surface area contributed by atoms with E-state index in [0.717, 1.165) is 5.56 Å². The van der Waals surface area contributed by atoms with Crippen molar-refractivity contribution >= 4 is 22.2 Å². The average Bonchev–Trinajstić information content (AvgIpc) is 3.11. The first-order valence-electron chi connectivity index (χ1n) is 11.1. The average molecular weight is 482 g/mol. The molecule has 1 aromatic rings. The van der Waals surface area contributed by atoms with Gasteiger partial charge in [-0.25, -0.2) is 4.79 Å². The van der Waals surface area contributed by atoms with Crippen LogP contribution in [0, 0.1) is 6.92 Å². The second kappa shape index (κ2) is 11.7. The third-order valence-electron chi connectivity index (χ3n) is 5.20. The highest BCUT2D eigenvalue weighted by molar-refractivity contribution is 7.86. The molecule has 8 nitrogen and oxygen atoms in total. The summed E-state index contributed by atoms with van der Waals surface area (Å²) in [5, 5.41) is 0. The second-order valence-corrected chi connectivity index (χ2v) is 10.7. The first-order chi connectivity index (χ1) is 15.4. The van der Waals surface area contributed by atoms with Gasteiger partial charge in [0.15, 0.2) is 0 Å². The number of likely N-dealkylation sites (tertiary alicyclic amines) is 1. The van der Waals surface area contributed by atoms with Gasteiger partial charge in [-0.1, -0.05) is 29.8 Å². The van der Waals surface area contributed by atoms with Crippen molar-refractivity contribution in [2.24, 2.45) is 0 Å². The number of carbonyl (C=O) groups is 2. The zero-order chi connectivity index (χ0) is 24.6. The largest absolute Gasteiger partial charge is 0.469 e. The van der Waals surface area contributed by atoms with Gasteiger partial charge in [0.25, 0.3) is 10.1 Å². The Hall–Kier alpha value is -2.39. The first-order valence-corrected chi connectivity index (χ1v) is 12.5. The van der Waals surface area contributed by atoms with Crippen LogP contribution >= 0.6 is 0 Å².